The topological polar surface area (TPSA) is 94.3 Å². The maximum Gasteiger partial charge on any atom is 0.339 e. The summed E-state index contributed by atoms with van der Waals surface area (Å²) >= 11 is 0. The molecule has 0 fully saturated rings. The molecule has 174 valence electrons. The average molecular weight is 461 g/mol. The minimum Gasteiger partial charge on any atom is -0.452 e. The number of aromatic nitrogens is 2. The number of halogens is 1. The number of nitrogens with zero attached hydrogens (tertiary/aromatic N) is 2. The Labute approximate surface area is 195 Å². The third-order valence-electron chi connectivity index (χ3n) is 5.57. The summed E-state index contributed by atoms with van der Waals surface area (Å²) in [4.78, 5) is 30.0. The van der Waals surface area contributed by atoms with E-state index >= 15 is 0 Å². The highest BCUT2D eigenvalue weighted by Gasteiger charge is 2.21. The number of nitrogens with one attached hydrogen (secondary N) is 1. The summed E-state index contributed by atoms with van der Waals surface area (Å²) in [6, 6.07) is 13.1. The van der Waals surface area contributed by atoms with Crippen LogP contribution in [0.1, 0.15) is 41.0 Å². The van der Waals surface area contributed by atoms with E-state index in [-0.39, 0.29) is 17.1 Å². The van der Waals surface area contributed by atoms with Gasteiger partial charge in [0, 0.05) is 11.3 Å². The number of aryl methyl sites for hydroxylation is 3. The van der Waals surface area contributed by atoms with E-state index in [2.05, 4.69) is 15.5 Å². The number of rotatable bonds is 7. The van der Waals surface area contributed by atoms with Gasteiger partial charge in [-0.1, -0.05) is 37.2 Å². The Morgan fingerprint density at radius 1 is 1.06 bits per heavy atom. The van der Waals surface area contributed by atoms with Gasteiger partial charge in [-0.25, -0.2) is 14.2 Å². The fourth-order valence-corrected chi connectivity index (χ4v) is 3.81. The molecule has 7 nitrogen and oxygen atoms in total. The van der Waals surface area contributed by atoms with Crippen molar-refractivity contribution < 1.29 is 23.2 Å². The molecular weight excluding hydrogens is 437 g/mol. The first kappa shape index (κ1) is 23.1. The predicted molar refractivity (Wildman–Crippen MR) is 126 cm³/mol. The van der Waals surface area contributed by atoms with Crippen molar-refractivity contribution in [2.45, 2.75) is 33.6 Å². The number of hydrogen-bond donors (Lipinski definition) is 1. The minimum atomic E-state index is -0.711. The first-order valence-corrected chi connectivity index (χ1v) is 11.0. The number of amides is 1. The van der Waals surface area contributed by atoms with Crippen molar-refractivity contribution in [2.75, 3.05) is 11.9 Å². The Bertz CT molecular complexity index is 1340. The van der Waals surface area contributed by atoms with Gasteiger partial charge in [-0.15, -0.1) is 0 Å². The monoisotopic (exact) mass is 461 g/mol. The zero-order chi connectivity index (χ0) is 24.2. The molecular formula is C26H24FN3O4. The Balaban J connectivity index is 1.57. The van der Waals surface area contributed by atoms with Crippen LogP contribution in [0.2, 0.25) is 0 Å². The first-order chi connectivity index (χ1) is 16.4. The van der Waals surface area contributed by atoms with Crippen LogP contribution in [0.15, 0.2) is 53.1 Å². The van der Waals surface area contributed by atoms with Crippen LogP contribution in [0.5, 0.6) is 0 Å². The lowest BCUT2D eigenvalue weighted by Gasteiger charge is -2.14. The van der Waals surface area contributed by atoms with Crippen LogP contribution in [0, 0.1) is 12.7 Å². The second-order valence-corrected chi connectivity index (χ2v) is 7.79. The normalized spacial score (nSPS) is 10.9. The zero-order valence-electron chi connectivity index (χ0n) is 19.1. The Hall–Kier alpha value is -4.07. The lowest BCUT2D eigenvalue weighted by Crippen LogP contribution is -2.22. The lowest BCUT2D eigenvalue weighted by atomic mass is 10.0. The van der Waals surface area contributed by atoms with Gasteiger partial charge in [0.2, 0.25) is 0 Å². The van der Waals surface area contributed by atoms with E-state index < -0.39 is 18.5 Å². The van der Waals surface area contributed by atoms with Gasteiger partial charge in [0.05, 0.1) is 22.3 Å². The number of esters is 1. The highest BCUT2D eigenvalue weighted by molar-refractivity contribution is 6.05. The Morgan fingerprint density at radius 2 is 1.74 bits per heavy atom. The molecule has 2 aromatic carbocycles. The van der Waals surface area contributed by atoms with Crippen LogP contribution in [-0.4, -0.2) is 28.6 Å². The van der Waals surface area contributed by atoms with Crippen molar-refractivity contribution in [1.29, 1.82) is 0 Å². The third kappa shape index (κ3) is 4.66. The van der Waals surface area contributed by atoms with E-state index in [4.69, 9.17) is 9.26 Å². The number of benzene rings is 2. The van der Waals surface area contributed by atoms with Crippen LogP contribution in [0.25, 0.3) is 22.4 Å². The maximum atomic E-state index is 13.3. The van der Waals surface area contributed by atoms with E-state index in [1.807, 2.05) is 32.0 Å². The standard InChI is InChI=1S/C26H24FN3O4/c1-4-16-7-6-8-17(5-2)24(16)29-22(31)14-33-26(32)20-13-21(18-9-11-19(27)12-10-18)28-25-23(20)15(3)30-34-25/h6-13H,4-5,14H2,1-3H3,(H,29,31). The zero-order valence-corrected chi connectivity index (χ0v) is 19.1. The van der Waals surface area contributed by atoms with E-state index in [1.165, 1.54) is 18.2 Å². The molecule has 0 saturated carbocycles. The number of para-hydroxylation sites is 1. The van der Waals surface area contributed by atoms with Crippen molar-refractivity contribution in [2.24, 2.45) is 0 Å². The van der Waals surface area contributed by atoms with Gasteiger partial charge in [-0.2, -0.15) is 0 Å². The second kappa shape index (κ2) is 9.82. The molecule has 0 spiro atoms. The molecule has 0 aliphatic carbocycles. The van der Waals surface area contributed by atoms with E-state index in [0.717, 1.165) is 29.7 Å². The lowest BCUT2D eigenvalue weighted by molar-refractivity contribution is -0.119. The molecule has 0 aliphatic rings. The predicted octanol–water partition coefficient (Wildman–Crippen LogP) is 5.26. The van der Waals surface area contributed by atoms with Gasteiger partial charge in [-0.05, 0) is 61.2 Å². The highest BCUT2D eigenvalue weighted by Crippen LogP contribution is 2.28. The number of carbonyl (C=O) groups is 2. The van der Waals surface area contributed by atoms with Gasteiger partial charge >= 0.3 is 5.97 Å². The van der Waals surface area contributed by atoms with E-state index in [9.17, 15) is 14.0 Å². The largest absolute Gasteiger partial charge is 0.452 e. The summed E-state index contributed by atoms with van der Waals surface area (Å²) in [6.07, 6.45) is 1.52. The second-order valence-electron chi connectivity index (χ2n) is 7.79. The molecule has 4 aromatic rings. The highest BCUT2D eigenvalue weighted by atomic mass is 19.1. The van der Waals surface area contributed by atoms with Crippen molar-refractivity contribution in [3.05, 3.63) is 76.7 Å². The minimum absolute atomic E-state index is 0.153. The summed E-state index contributed by atoms with van der Waals surface area (Å²) in [5, 5.41) is 7.17. The fraction of sp³-hybridized carbons (Fsp3) is 0.231. The van der Waals surface area contributed by atoms with Crippen molar-refractivity contribution in [3.63, 3.8) is 0 Å². The molecule has 0 saturated heterocycles. The van der Waals surface area contributed by atoms with Crippen molar-refractivity contribution in [1.82, 2.24) is 10.1 Å². The molecule has 0 bridgehead atoms. The van der Waals surface area contributed by atoms with Gasteiger partial charge in [0.1, 0.15) is 5.82 Å². The van der Waals surface area contributed by atoms with Crippen molar-refractivity contribution >= 4 is 28.7 Å². The quantitative estimate of drug-likeness (QED) is 0.378. The van der Waals surface area contributed by atoms with Crippen LogP contribution in [0.3, 0.4) is 0 Å². The summed E-state index contributed by atoms with van der Waals surface area (Å²) in [7, 11) is 0. The molecule has 2 aromatic heterocycles. The molecule has 1 amide bonds. The molecule has 2 heterocycles. The first-order valence-electron chi connectivity index (χ1n) is 11.0. The fourth-order valence-electron chi connectivity index (χ4n) is 3.81. The summed E-state index contributed by atoms with van der Waals surface area (Å²) in [5.74, 6) is -1.53. The molecule has 34 heavy (non-hydrogen) atoms. The van der Waals surface area contributed by atoms with Gasteiger partial charge in [0.25, 0.3) is 11.6 Å². The van der Waals surface area contributed by atoms with Crippen LogP contribution < -0.4 is 5.32 Å². The summed E-state index contributed by atoms with van der Waals surface area (Å²) in [6.45, 7) is 5.25. The number of carbonyl (C=O) groups excluding carboxylic acids is 2. The summed E-state index contributed by atoms with van der Waals surface area (Å²) in [5.41, 5.74) is 4.55. The van der Waals surface area contributed by atoms with Gasteiger partial charge in [0.15, 0.2) is 6.61 Å². The van der Waals surface area contributed by atoms with Gasteiger partial charge in [-0.3, -0.25) is 4.79 Å². The average Bonchev–Trinajstić information content (AvgIpc) is 3.23. The maximum absolute atomic E-state index is 13.3. The number of anilines is 1. The van der Waals surface area contributed by atoms with Crippen molar-refractivity contribution in [3.8, 4) is 11.3 Å². The molecule has 8 heteroatoms. The smallest absolute Gasteiger partial charge is 0.339 e. The van der Waals surface area contributed by atoms with E-state index in [0.29, 0.717) is 22.3 Å². The summed E-state index contributed by atoms with van der Waals surface area (Å²) < 4.78 is 23.9. The molecule has 0 aliphatic heterocycles. The Morgan fingerprint density at radius 3 is 2.38 bits per heavy atom. The van der Waals surface area contributed by atoms with Crippen LogP contribution in [-0.2, 0) is 22.4 Å². The van der Waals surface area contributed by atoms with Crippen LogP contribution >= 0.6 is 0 Å². The van der Waals surface area contributed by atoms with Crippen LogP contribution in [0.4, 0.5) is 10.1 Å². The molecule has 0 unspecified atom stereocenters. The number of ether oxygens (including phenoxy) is 1. The van der Waals surface area contributed by atoms with Gasteiger partial charge < -0.3 is 14.6 Å². The number of fused-ring (bicyclic) bond motifs is 1. The Kier molecular flexibility index (Phi) is 6.67. The number of pyridine rings is 1. The molecule has 1 N–H and O–H groups in total. The molecule has 4 rings (SSSR count). The van der Waals surface area contributed by atoms with E-state index in [1.54, 1.807) is 19.1 Å². The number of hydrogen-bond acceptors (Lipinski definition) is 6. The third-order valence-corrected chi connectivity index (χ3v) is 5.57. The SMILES string of the molecule is CCc1cccc(CC)c1NC(=O)COC(=O)c1cc(-c2ccc(F)cc2)nc2onc(C)c12. The molecule has 0 atom stereocenters. The molecule has 0 radical (unpaired) electrons.